The molecule has 0 radical (unpaired) electrons. The SMILES string of the molecule is Sc1ccc2ccccc2c1NCCNc1c(S)ccc2ccccc12. The average Bonchev–Trinajstić information content (AvgIpc) is 2.68. The molecule has 26 heavy (non-hydrogen) atoms. The van der Waals surface area contributed by atoms with Crippen molar-refractivity contribution < 1.29 is 0 Å². The van der Waals surface area contributed by atoms with E-state index in [0.717, 1.165) is 34.3 Å². The van der Waals surface area contributed by atoms with Crippen LogP contribution in [0.15, 0.2) is 82.6 Å². The Hall–Kier alpha value is -2.30. The first-order valence-electron chi connectivity index (χ1n) is 8.63. The zero-order valence-electron chi connectivity index (χ0n) is 14.2. The van der Waals surface area contributed by atoms with Gasteiger partial charge in [0.1, 0.15) is 0 Å². The van der Waals surface area contributed by atoms with Crippen molar-refractivity contribution in [1.82, 2.24) is 0 Å². The first kappa shape index (κ1) is 17.1. The number of thiol groups is 2. The second kappa shape index (κ2) is 7.52. The van der Waals surface area contributed by atoms with Crippen molar-refractivity contribution in [3.8, 4) is 0 Å². The first-order chi connectivity index (χ1) is 12.7. The standard InChI is InChI=1S/C22H20N2S2/c25-19-11-9-15-5-1-3-7-17(15)21(19)23-13-14-24-22-18-8-4-2-6-16(18)10-12-20(22)26/h1-12,23-26H,13-14H2. The number of benzene rings is 4. The molecule has 0 unspecified atom stereocenters. The Labute approximate surface area is 164 Å². The van der Waals surface area contributed by atoms with Gasteiger partial charge in [-0.15, -0.1) is 25.3 Å². The molecular formula is C22H20N2S2. The van der Waals surface area contributed by atoms with Gasteiger partial charge < -0.3 is 10.6 Å². The van der Waals surface area contributed by atoms with Crippen molar-refractivity contribution in [2.24, 2.45) is 0 Å². The Morgan fingerprint density at radius 3 is 1.42 bits per heavy atom. The number of fused-ring (bicyclic) bond motifs is 2. The van der Waals surface area contributed by atoms with E-state index in [1.54, 1.807) is 0 Å². The minimum absolute atomic E-state index is 0.790. The van der Waals surface area contributed by atoms with E-state index in [4.69, 9.17) is 0 Å². The maximum absolute atomic E-state index is 4.62. The van der Waals surface area contributed by atoms with Gasteiger partial charge in [-0.1, -0.05) is 60.7 Å². The van der Waals surface area contributed by atoms with Gasteiger partial charge in [0.25, 0.3) is 0 Å². The number of nitrogens with one attached hydrogen (secondary N) is 2. The molecule has 0 heterocycles. The second-order valence-corrected chi connectivity index (χ2v) is 7.18. The van der Waals surface area contributed by atoms with E-state index in [1.807, 2.05) is 12.1 Å². The summed E-state index contributed by atoms with van der Waals surface area (Å²) in [7, 11) is 0. The predicted molar refractivity (Wildman–Crippen MR) is 119 cm³/mol. The van der Waals surface area contributed by atoms with Gasteiger partial charge in [-0.05, 0) is 22.9 Å². The van der Waals surface area contributed by atoms with Crippen LogP contribution in [0.5, 0.6) is 0 Å². The van der Waals surface area contributed by atoms with Gasteiger partial charge in [0.05, 0.1) is 11.4 Å². The molecular weight excluding hydrogens is 356 g/mol. The molecule has 2 nitrogen and oxygen atoms in total. The summed E-state index contributed by atoms with van der Waals surface area (Å²) in [6.07, 6.45) is 0. The lowest BCUT2D eigenvalue weighted by Gasteiger charge is -2.15. The zero-order valence-corrected chi connectivity index (χ0v) is 16.0. The molecule has 0 aliphatic rings. The second-order valence-electron chi connectivity index (χ2n) is 6.22. The van der Waals surface area contributed by atoms with E-state index >= 15 is 0 Å². The molecule has 4 heteroatoms. The highest BCUT2D eigenvalue weighted by molar-refractivity contribution is 7.80. The van der Waals surface area contributed by atoms with Crippen molar-refractivity contribution in [3.05, 3.63) is 72.8 Å². The molecule has 0 fully saturated rings. The summed E-state index contributed by atoms with van der Waals surface area (Å²) >= 11 is 9.23. The molecule has 2 N–H and O–H groups in total. The molecule has 4 aromatic carbocycles. The number of hydrogen-bond acceptors (Lipinski definition) is 4. The third-order valence-electron chi connectivity index (χ3n) is 4.54. The maximum Gasteiger partial charge on any atom is 0.0556 e. The van der Waals surface area contributed by atoms with Crippen molar-refractivity contribution in [2.75, 3.05) is 23.7 Å². The third-order valence-corrected chi connectivity index (χ3v) is 5.29. The fourth-order valence-electron chi connectivity index (χ4n) is 3.27. The molecule has 0 spiro atoms. The summed E-state index contributed by atoms with van der Waals surface area (Å²) in [5.41, 5.74) is 2.16. The van der Waals surface area contributed by atoms with Crippen molar-refractivity contribution in [2.45, 2.75) is 9.79 Å². The van der Waals surface area contributed by atoms with E-state index in [2.05, 4.69) is 96.6 Å². The fourth-order valence-corrected chi connectivity index (χ4v) is 3.81. The molecule has 0 saturated carbocycles. The Bertz CT molecular complexity index is 989. The lowest BCUT2D eigenvalue weighted by molar-refractivity contribution is 1.07. The lowest BCUT2D eigenvalue weighted by Crippen LogP contribution is -2.14. The number of rotatable bonds is 5. The van der Waals surface area contributed by atoms with Gasteiger partial charge in [0.2, 0.25) is 0 Å². The first-order valence-corrected chi connectivity index (χ1v) is 9.52. The van der Waals surface area contributed by atoms with Gasteiger partial charge in [-0.3, -0.25) is 0 Å². The van der Waals surface area contributed by atoms with Gasteiger partial charge in [0, 0.05) is 33.7 Å². The Kier molecular flexibility index (Phi) is 4.96. The Morgan fingerprint density at radius 1 is 0.538 bits per heavy atom. The van der Waals surface area contributed by atoms with Gasteiger partial charge >= 0.3 is 0 Å². The smallest absolute Gasteiger partial charge is 0.0556 e. The summed E-state index contributed by atoms with van der Waals surface area (Å²) in [4.78, 5) is 1.92. The molecule has 130 valence electrons. The summed E-state index contributed by atoms with van der Waals surface area (Å²) in [6.45, 7) is 1.58. The summed E-state index contributed by atoms with van der Waals surface area (Å²) in [5, 5.41) is 11.9. The molecule has 0 atom stereocenters. The highest BCUT2D eigenvalue weighted by atomic mass is 32.1. The molecule has 0 aliphatic heterocycles. The quantitative estimate of drug-likeness (QED) is 0.250. The van der Waals surface area contributed by atoms with Gasteiger partial charge in [0.15, 0.2) is 0 Å². The van der Waals surface area contributed by atoms with Crippen molar-refractivity contribution in [3.63, 3.8) is 0 Å². The predicted octanol–water partition coefficient (Wildman–Crippen LogP) is 6.09. The van der Waals surface area contributed by atoms with Gasteiger partial charge in [-0.25, -0.2) is 0 Å². The van der Waals surface area contributed by atoms with E-state index in [-0.39, 0.29) is 0 Å². The molecule has 4 aromatic rings. The van der Waals surface area contributed by atoms with Crippen LogP contribution in [0, 0.1) is 0 Å². The van der Waals surface area contributed by atoms with E-state index < -0.39 is 0 Å². The topological polar surface area (TPSA) is 24.1 Å². The number of hydrogen-bond donors (Lipinski definition) is 4. The summed E-state index contributed by atoms with van der Waals surface area (Å²) in [6, 6.07) is 25.0. The minimum atomic E-state index is 0.790. The lowest BCUT2D eigenvalue weighted by atomic mass is 10.1. The molecule has 4 rings (SSSR count). The van der Waals surface area contributed by atoms with Crippen molar-refractivity contribution in [1.29, 1.82) is 0 Å². The number of anilines is 2. The van der Waals surface area contributed by atoms with Crippen LogP contribution in [0.3, 0.4) is 0 Å². The third kappa shape index (κ3) is 3.35. The van der Waals surface area contributed by atoms with Crippen molar-refractivity contribution >= 4 is 58.2 Å². The van der Waals surface area contributed by atoms with Crippen LogP contribution in [0.25, 0.3) is 21.5 Å². The van der Waals surface area contributed by atoms with Crippen LogP contribution < -0.4 is 10.6 Å². The summed E-state index contributed by atoms with van der Waals surface area (Å²) < 4.78 is 0. The molecule has 0 amide bonds. The normalized spacial score (nSPS) is 11.0. The monoisotopic (exact) mass is 376 g/mol. The van der Waals surface area contributed by atoms with Crippen LogP contribution >= 0.6 is 25.3 Å². The van der Waals surface area contributed by atoms with Crippen LogP contribution in [0.2, 0.25) is 0 Å². The van der Waals surface area contributed by atoms with Gasteiger partial charge in [-0.2, -0.15) is 0 Å². The molecule has 0 saturated heterocycles. The van der Waals surface area contributed by atoms with E-state index in [1.165, 1.54) is 21.5 Å². The van der Waals surface area contributed by atoms with Crippen LogP contribution in [-0.2, 0) is 0 Å². The van der Waals surface area contributed by atoms with Crippen LogP contribution in [0.4, 0.5) is 11.4 Å². The maximum atomic E-state index is 4.62. The molecule has 0 aromatic heterocycles. The van der Waals surface area contributed by atoms with E-state index in [9.17, 15) is 0 Å². The Morgan fingerprint density at radius 2 is 0.962 bits per heavy atom. The Balaban J connectivity index is 1.50. The fraction of sp³-hybridized carbons (Fsp3) is 0.0909. The summed E-state index contributed by atoms with van der Waals surface area (Å²) in [5.74, 6) is 0. The highest BCUT2D eigenvalue weighted by Crippen LogP contribution is 2.31. The molecule has 0 bridgehead atoms. The molecule has 0 aliphatic carbocycles. The largest absolute Gasteiger partial charge is 0.382 e. The average molecular weight is 377 g/mol. The van der Waals surface area contributed by atoms with Crippen LogP contribution in [-0.4, -0.2) is 13.1 Å². The highest BCUT2D eigenvalue weighted by Gasteiger charge is 2.06. The zero-order chi connectivity index (χ0) is 17.9. The van der Waals surface area contributed by atoms with Crippen LogP contribution in [0.1, 0.15) is 0 Å². The van der Waals surface area contributed by atoms with E-state index in [0.29, 0.717) is 0 Å². The minimum Gasteiger partial charge on any atom is -0.382 e.